The highest BCUT2D eigenvalue weighted by Crippen LogP contribution is 2.33. The van der Waals surface area contributed by atoms with Gasteiger partial charge in [0, 0.05) is 0 Å². The van der Waals surface area contributed by atoms with Crippen molar-refractivity contribution in [2.24, 2.45) is 27.7 Å². The van der Waals surface area contributed by atoms with Crippen molar-refractivity contribution < 1.29 is 9.59 Å². The zero-order chi connectivity index (χ0) is 26.5. The summed E-state index contributed by atoms with van der Waals surface area (Å²) in [5, 5.41) is 0. The quantitative estimate of drug-likeness (QED) is 0.0605. The van der Waals surface area contributed by atoms with Crippen LogP contribution in [0.3, 0.4) is 0 Å². The number of unbranched alkanes of at least 4 members (excludes halogenated alkanes) is 16. The molecule has 0 bridgehead atoms. The second kappa shape index (κ2) is 28.3. The summed E-state index contributed by atoms with van der Waals surface area (Å²) in [6.07, 6.45) is 31.6. The number of carbonyl (C=O) groups excluding carboxylic acids is 2. The van der Waals surface area contributed by atoms with Crippen LogP contribution in [0.2, 0.25) is 0 Å². The van der Waals surface area contributed by atoms with Crippen LogP contribution in [0.1, 0.15) is 155 Å². The van der Waals surface area contributed by atoms with Crippen LogP contribution in [0, 0.1) is 24.7 Å². The van der Waals surface area contributed by atoms with Gasteiger partial charge in [0.1, 0.15) is 0 Å². The minimum absolute atomic E-state index is 0.606. The zero-order valence-electron chi connectivity index (χ0n) is 24.1. The molecular weight excluding hydrogens is 444 g/mol. The molecule has 3 unspecified atom stereocenters. The van der Waals surface area contributed by atoms with Crippen molar-refractivity contribution >= 4 is 12.2 Å². The highest BCUT2D eigenvalue weighted by Gasteiger charge is 2.22. The zero-order valence-corrected chi connectivity index (χ0v) is 24.1. The number of isocyanates is 2. The minimum Gasteiger partial charge on any atom is -0.211 e. The summed E-state index contributed by atoms with van der Waals surface area (Å²) < 4.78 is 0. The molecule has 0 aliphatic carbocycles. The molecule has 4 heteroatoms. The van der Waals surface area contributed by atoms with Crippen molar-refractivity contribution in [3.63, 3.8) is 0 Å². The molecule has 1 radical (unpaired) electrons. The molecule has 0 aromatic rings. The topological polar surface area (TPSA) is 58.9 Å². The number of aliphatic imine (C=N–C) groups is 2. The Morgan fingerprint density at radius 2 is 0.944 bits per heavy atom. The van der Waals surface area contributed by atoms with Gasteiger partial charge >= 0.3 is 0 Å². The Hall–Kier alpha value is -1.24. The SMILES string of the molecule is [CH2]C(CCCCCCC)C(CCCCCCCCCN=C=O)C(C)CCCCCCCCCN=C=O. The highest BCUT2D eigenvalue weighted by molar-refractivity contribution is 5.32. The normalized spacial score (nSPS) is 13.5. The van der Waals surface area contributed by atoms with Gasteiger partial charge in [0.25, 0.3) is 0 Å². The fourth-order valence-corrected chi connectivity index (χ4v) is 5.51. The maximum absolute atomic E-state index is 10.1. The van der Waals surface area contributed by atoms with Gasteiger partial charge in [-0.2, -0.15) is 0 Å². The molecule has 0 N–H and O–H groups in total. The summed E-state index contributed by atoms with van der Waals surface area (Å²) in [7, 11) is 0. The summed E-state index contributed by atoms with van der Waals surface area (Å²) in [6.45, 7) is 10.7. The Bertz CT molecular complexity index is 552. The van der Waals surface area contributed by atoms with E-state index in [1.165, 1.54) is 128 Å². The lowest BCUT2D eigenvalue weighted by Crippen LogP contribution is -2.20. The standard InChI is InChI=1S/C32H59N2O2/c1-4-5-6-13-18-23-30(2)32(25-20-15-10-8-12-17-22-27-34-29-36)31(3)24-19-14-9-7-11-16-21-26-33-28-35/h30-32H,2,4-27H2,1,3H3. The molecule has 0 aliphatic heterocycles. The van der Waals surface area contributed by atoms with E-state index < -0.39 is 0 Å². The van der Waals surface area contributed by atoms with Crippen molar-refractivity contribution in [3.8, 4) is 0 Å². The monoisotopic (exact) mass is 503 g/mol. The molecule has 0 heterocycles. The first-order valence-corrected chi connectivity index (χ1v) is 15.6. The van der Waals surface area contributed by atoms with Gasteiger partial charge in [-0.1, -0.05) is 136 Å². The van der Waals surface area contributed by atoms with Crippen molar-refractivity contribution in [2.45, 2.75) is 155 Å². The van der Waals surface area contributed by atoms with E-state index in [1.54, 1.807) is 12.2 Å². The van der Waals surface area contributed by atoms with E-state index in [0.29, 0.717) is 19.0 Å². The fourth-order valence-electron chi connectivity index (χ4n) is 5.51. The van der Waals surface area contributed by atoms with Crippen LogP contribution in [0.4, 0.5) is 0 Å². The van der Waals surface area contributed by atoms with E-state index >= 15 is 0 Å². The van der Waals surface area contributed by atoms with E-state index in [4.69, 9.17) is 0 Å². The van der Waals surface area contributed by atoms with Crippen LogP contribution >= 0.6 is 0 Å². The van der Waals surface area contributed by atoms with Gasteiger partial charge < -0.3 is 0 Å². The first kappa shape index (κ1) is 34.8. The third-order valence-electron chi connectivity index (χ3n) is 7.88. The second-order valence-corrected chi connectivity index (χ2v) is 11.1. The third kappa shape index (κ3) is 23.2. The predicted molar refractivity (Wildman–Crippen MR) is 155 cm³/mol. The lowest BCUT2D eigenvalue weighted by atomic mass is 9.75. The van der Waals surface area contributed by atoms with E-state index in [2.05, 4.69) is 30.8 Å². The smallest absolute Gasteiger partial charge is 0.211 e. The van der Waals surface area contributed by atoms with Crippen LogP contribution in [0.15, 0.2) is 9.98 Å². The van der Waals surface area contributed by atoms with Gasteiger partial charge in [-0.15, -0.1) is 0 Å². The van der Waals surface area contributed by atoms with Gasteiger partial charge in [0.2, 0.25) is 12.2 Å². The van der Waals surface area contributed by atoms with Crippen LogP contribution < -0.4 is 0 Å². The third-order valence-corrected chi connectivity index (χ3v) is 7.88. The maximum Gasteiger partial charge on any atom is 0.234 e. The number of hydrogen-bond donors (Lipinski definition) is 0. The molecule has 3 atom stereocenters. The Morgan fingerprint density at radius 3 is 1.42 bits per heavy atom. The predicted octanol–water partition coefficient (Wildman–Crippen LogP) is 9.96. The van der Waals surface area contributed by atoms with Gasteiger partial charge in [-0.3, -0.25) is 0 Å². The summed E-state index contributed by atoms with van der Waals surface area (Å²) in [4.78, 5) is 27.5. The first-order chi connectivity index (χ1) is 17.7. The molecule has 0 rings (SSSR count). The molecule has 0 amide bonds. The van der Waals surface area contributed by atoms with Crippen molar-refractivity contribution in [3.05, 3.63) is 6.92 Å². The van der Waals surface area contributed by atoms with Crippen LogP contribution in [0.25, 0.3) is 0 Å². The lowest BCUT2D eigenvalue weighted by molar-refractivity contribution is 0.222. The van der Waals surface area contributed by atoms with E-state index in [-0.39, 0.29) is 0 Å². The summed E-state index contributed by atoms with van der Waals surface area (Å²) in [5.41, 5.74) is 0. The average Bonchev–Trinajstić information content (AvgIpc) is 2.88. The average molecular weight is 504 g/mol. The molecule has 4 nitrogen and oxygen atoms in total. The Morgan fingerprint density at radius 1 is 0.556 bits per heavy atom. The number of nitrogens with zero attached hydrogens (tertiary/aromatic N) is 2. The first-order valence-electron chi connectivity index (χ1n) is 15.6. The number of rotatable bonds is 28. The summed E-state index contributed by atoms with van der Waals surface area (Å²) in [5.74, 6) is 2.16. The van der Waals surface area contributed by atoms with Gasteiger partial charge in [-0.25, -0.2) is 19.6 Å². The Labute approximate surface area is 224 Å². The lowest BCUT2D eigenvalue weighted by Gasteiger charge is -2.30. The van der Waals surface area contributed by atoms with Crippen molar-refractivity contribution in [2.75, 3.05) is 13.1 Å². The molecule has 0 saturated carbocycles. The minimum atomic E-state index is 0.606. The molecule has 209 valence electrons. The molecule has 0 fully saturated rings. The van der Waals surface area contributed by atoms with Gasteiger partial charge in [0.15, 0.2) is 0 Å². The number of hydrogen-bond acceptors (Lipinski definition) is 4. The van der Waals surface area contributed by atoms with Crippen LogP contribution in [-0.2, 0) is 9.59 Å². The Kier molecular flexibility index (Phi) is 27.4. The molecule has 0 aromatic heterocycles. The van der Waals surface area contributed by atoms with Crippen molar-refractivity contribution in [1.82, 2.24) is 0 Å². The molecule has 0 aliphatic rings. The maximum atomic E-state index is 10.1. The largest absolute Gasteiger partial charge is 0.234 e. The summed E-state index contributed by atoms with van der Waals surface area (Å²) in [6, 6.07) is 0. The molecular formula is C32H59N2O2. The molecule has 0 aromatic carbocycles. The van der Waals surface area contributed by atoms with Gasteiger partial charge in [-0.05, 0) is 43.9 Å². The molecule has 36 heavy (non-hydrogen) atoms. The van der Waals surface area contributed by atoms with E-state index in [9.17, 15) is 9.59 Å². The van der Waals surface area contributed by atoms with Crippen LogP contribution in [0.5, 0.6) is 0 Å². The summed E-state index contributed by atoms with van der Waals surface area (Å²) >= 11 is 0. The van der Waals surface area contributed by atoms with Crippen molar-refractivity contribution in [1.29, 1.82) is 0 Å². The van der Waals surface area contributed by atoms with Gasteiger partial charge in [0.05, 0.1) is 13.1 Å². The van der Waals surface area contributed by atoms with Crippen LogP contribution in [-0.4, -0.2) is 25.2 Å². The molecule has 0 spiro atoms. The van der Waals surface area contributed by atoms with E-state index in [1.807, 2.05) is 0 Å². The fraction of sp³-hybridized carbons (Fsp3) is 0.906. The highest BCUT2D eigenvalue weighted by atomic mass is 16.1. The molecule has 0 saturated heterocycles. The van der Waals surface area contributed by atoms with E-state index in [0.717, 1.165) is 24.7 Å². The Balaban J connectivity index is 4.20. The second-order valence-electron chi connectivity index (χ2n) is 11.1.